The predicted octanol–water partition coefficient (Wildman–Crippen LogP) is 4.03. The first-order valence-electron chi connectivity index (χ1n) is 4.35. The van der Waals surface area contributed by atoms with Gasteiger partial charge in [-0.15, -0.1) is 0 Å². The summed E-state index contributed by atoms with van der Waals surface area (Å²) in [4.78, 5) is 0. The van der Waals surface area contributed by atoms with Crippen LogP contribution in [0.15, 0.2) is 20.4 Å². The molecule has 1 unspecified atom stereocenters. The molecule has 0 aliphatic rings. The van der Waals surface area contributed by atoms with Crippen LogP contribution in [0.5, 0.6) is 0 Å². The van der Waals surface area contributed by atoms with Crippen LogP contribution in [-0.4, -0.2) is 0 Å². The lowest BCUT2D eigenvalue weighted by Gasteiger charge is -2.13. The number of halogens is 2. The van der Waals surface area contributed by atoms with Crippen LogP contribution in [0, 0.1) is 11.8 Å². The van der Waals surface area contributed by atoms with Gasteiger partial charge in [0.1, 0.15) is 5.16 Å². The zero-order valence-electron chi connectivity index (χ0n) is 8.57. The maximum absolute atomic E-state index is 5.73. The normalized spacial score (nSPS) is 17.3. The smallest absolute Gasteiger partial charge is 0.109 e. The Balaban J connectivity index is 4.62. The summed E-state index contributed by atoms with van der Waals surface area (Å²) in [5, 5.41) is 0.407. The van der Waals surface area contributed by atoms with Gasteiger partial charge in [0.25, 0.3) is 0 Å². The van der Waals surface area contributed by atoms with E-state index >= 15 is 0 Å². The van der Waals surface area contributed by atoms with Crippen molar-refractivity contribution in [3.63, 3.8) is 0 Å². The van der Waals surface area contributed by atoms with Crippen molar-refractivity contribution in [1.29, 1.82) is 0 Å². The molecular weight excluding hydrogens is 296 g/mol. The zero-order valence-corrected chi connectivity index (χ0v) is 11.5. The van der Waals surface area contributed by atoms with Crippen molar-refractivity contribution in [2.45, 2.75) is 27.7 Å². The van der Waals surface area contributed by atoms with Gasteiger partial charge in [0.05, 0.1) is 0 Å². The standard InChI is InChI=1S/C10H17ClIN/c1-6(2)5-7(3)8(4)9(12)10(11)13/h5-6,8H,13H2,1-4H3/b7-5-,10-9+. The molecule has 1 nitrogen and oxygen atoms in total. The van der Waals surface area contributed by atoms with Gasteiger partial charge in [-0.3, -0.25) is 0 Å². The molecule has 0 saturated heterocycles. The fraction of sp³-hybridized carbons (Fsp3) is 0.600. The maximum Gasteiger partial charge on any atom is 0.109 e. The van der Waals surface area contributed by atoms with Crippen molar-refractivity contribution in [2.75, 3.05) is 0 Å². The molecule has 2 N–H and O–H groups in total. The lowest BCUT2D eigenvalue weighted by atomic mass is 9.99. The topological polar surface area (TPSA) is 26.0 Å². The highest BCUT2D eigenvalue weighted by Crippen LogP contribution is 2.28. The van der Waals surface area contributed by atoms with Gasteiger partial charge in [-0.2, -0.15) is 0 Å². The predicted molar refractivity (Wildman–Crippen MR) is 68.8 cm³/mol. The number of hydrogen-bond donors (Lipinski definition) is 1. The highest BCUT2D eigenvalue weighted by atomic mass is 127. The van der Waals surface area contributed by atoms with Crippen molar-refractivity contribution in [2.24, 2.45) is 17.6 Å². The Morgan fingerprint density at radius 3 is 2.15 bits per heavy atom. The summed E-state index contributed by atoms with van der Waals surface area (Å²) in [5.41, 5.74) is 6.84. The van der Waals surface area contributed by atoms with E-state index < -0.39 is 0 Å². The summed E-state index contributed by atoms with van der Waals surface area (Å²) in [7, 11) is 0. The van der Waals surface area contributed by atoms with Crippen molar-refractivity contribution in [3.8, 4) is 0 Å². The first kappa shape index (κ1) is 13.3. The maximum atomic E-state index is 5.73. The second-order valence-corrected chi connectivity index (χ2v) is 5.14. The Bertz CT molecular complexity index is 227. The van der Waals surface area contributed by atoms with Gasteiger partial charge in [-0.1, -0.05) is 44.0 Å². The molecule has 0 radical (unpaired) electrons. The molecule has 0 amide bonds. The van der Waals surface area contributed by atoms with Gasteiger partial charge in [0.15, 0.2) is 0 Å². The average Bonchev–Trinajstić information content (AvgIpc) is 2.00. The minimum absolute atomic E-state index is 0.334. The summed E-state index contributed by atoms with van der Waals surface area (Å²) < 4.78 is 1.02. The molecule has 0 bridgehead atoms. The SMILES string of the molecule is C/C(=C/C(C)C)C(C)/C(I)=C(\N)Cl. The van der Waals surface area contributed by atoms with Crippen LogP contribution in [0.1, 0.15) is 27.7 Å². The van der Waals surface area contributed by atoms with Crippen molar-refractivity contribution in [1.82, 2.24) is 0 Å². The number of nitrogens with two attached hydrogens (primary N) is 1. The summed E-state index contributed by atoms with van der Waals surface area (Å²) in [6.07, 6.45) is 2.24. The molecule has 0 saturated carbocycles. The molecule has 0 aromatic heterocycles. The van der Waals surface area contributed by atoms with E-state index in [4.69, 9.17) is 17.3 Å². The highest BCUT2D eigenvalue weighted by Gasteiger charge is 2.10. The van der Waals surface area contributed by atoms with Gasteiger partial charge >= 0.3 is 0 Å². The van der Waals surface area contributed by atoms with Crippen LogP contribution in [0.25, 0.3) is 0 Å². The second kappa shape index (κ2) is 5.91. The zero-order chi connectivity index (χ0) is 10.6. The van der Waals surface area contributed by atoms with Crippen LogP contribution < -0.4 is 5.73 Å². The quantitative estimate of drug-likeness (QED) is 0.475. The van der Waals surface area contributed by atoms with Crippen LogP contribution in [-0.2, 0) is 0 Å². The monoisotopic (exact) mass is 313 g/mol. The Morgan fingerprint density at radius 2 is 1.85 bits per heavy atom. The fourth-order valence-electron chi connectivity index (χ4n) is 1.08. The van der Waals surface area contributed by atoms with Crippen LogP contribution in [0.4, 0.5) is 0 Å². The fourth-order valence-corrected chi connectivity index (χ4v) is 1.73. The second-order valence-electron chi connectivity index (χ2n) is 3.57. The Kier molecular flexibility index (Phi) is 6.05. The molecule has 0 fully saturated rings. The molecule has 0 aromatic carbocycles. The lowest BCUT2D eigenvalue weighted by Crippen LogP contribution is -2.03. The Morgan fingerprint density at radius 1 is 1.38 bits per heavy atom. The van der Waals surface area contributed by atoms with Gasteiger partial charge in [-0.25, -0.2) is 0 Å². The minimum atomic E-state index is 0.334. The molecule has 76 valence electrons. The number of allylic oxidation sites excluding steroid dienone is 3. The largest absolute Gasteiger partial charge is 0.389 e. The van der Waals surface area contributed by atoms with Gasteiger partial charge in [0.2, 0.25) is 0 Å². The summed E-state index contributed by atoms with van der Waals surface area (Å²) >= 11 is 7.93. The van der Waals surface area contributed by atoms with E-state index in [-0.39, 0.29) is 0 Å². The number of hydrogen-bond acceptors (Lipinski definition) is 1. The number of rotatable bonds is 3. The van der Waals surface area contributed by atoms with E-state index in [2.05, 4.69) is 56.4 Å². The van der Waals surface area contributed by atoms with E-state index in [9.17, 15) is 0 Å². The lowest BCUT2D eigenvalue weighted by molar-refractivity contribution is 0.774. The van der Waals surface area contributed by atoms with E-state index in [1.807, 2.05) is 0 Å². The first-order chi connectivity index (χ1) is 5.86. The Hall–Kier alpha value is 0.300. The van der Waals surface area contributed by atoms with Crippen molar-refractivity contribution < 1.29 is 0 Å². The van der Waals surface area contributed by atoms with E-state index in [1.165, 1.54) is 5.57 Å². The molecule has 1 atom stereocenters. The third kappa shape index (κ3) is 4.91. The highest BCUT2D eigenvalue weighted by molar-refractivity contribution is 14.1. The van der Waals surface area contributed by atoms with Crippen molar-refractivity contribution >= 4 is 34.2 Å². The van der Waals surface area contributed by atoms with E-state index in [1.54, 1.807) is 0 Å². The van der Waals surface area contributed by atoms with Gasteiger partial charge in [-0.05, 0) is 35.4 Å². The van der Waals surface area contributed by atoms with Crippen LogP contribution >= 0.6 is 34.2 Å². The molecule has 0 spiro atoms. The first-order valence-corrected chi connectivity index (χ1v) is 5.80. The molecular formula is C10H17ClIN. The summed E-state index contributed by atoms with van der Waals surface area (Å²) in [6, 6.07) is 0. The molecule has 0 rings (SSSR count). The summed E-state index contributed by atoms with van der Waals surface area (Å²) in [6.45, 7) is 8.56. The molecule has 0 aliphatic carbocycles. The Labute approximate surface area is 99.5 Å². The third-order valence-electron chi connectivity index (χ3n) is 1.89. The van der Waals surface area contributed by atoms with Crippen LogP contribution in [0.3, 0.4) is 0 Å². The van der Waals surface area contributed by atoms with E-state index in [0.29, 0.717) is 17.0 Å². The average molecular weight is 314 g/mol. The minimum Gasteiger partial charge on any atom is -0.389 e. The molecule has 13 heavy (non-hydrogen) atoms. The van der Waals surface area contributed by atoms with Gasteiger partial charge in [0, 0.05) is 9.50 Å². The molecule has 0 heterocycles. The molecule has 0 aromatic rings. The van der Waals surface area contributed by atoms with Gasteiger partial charge < -0.3 is 5.73 Å². The third-order valence-corrected chi connectivity index (χ3v) is 3.93. The van der Waals surface area contributed by atoms with E-state index in [0.717, 1.165) is 3.58 Å². The van der Waals surface area contributed by atoms with Crippen molar-refractivity contribution in [3.05, 3.63) is 20.4 Å². The van der Waals surface area contributed by atoms with Crippen LogP contribution in [0.2, 0.25) is 0 Å². The molecule has 3 heteroatoms. The molecule has 0 aliphatic heterocycles. The summed E-state index contributed by atoms with van der Waals surface area (Å²) in [5.74, 6) is 0.906.